The van der Waals surface area contributed by atoms with Gasteiger partial charge in [-0.1, -0.05) is 6.92 Å². The number of nitrogens with one attached hydrogen (secondary N) is 1. The largest absolute Gasteiger partial charge is 0.480 e. The quantitative estimate of drug-likeness (QED) is 0.668. The predicted molar refractivity (Wildman–Crippen MR) is 97.2 cm³/mol. The van der Waals surface area contributed by atoms with Crippen molar-refractivity contribution in [1.82, 2.24) is 20.0 Å². The third-order valence-electron chi connectivity index (χ3n) is 5.93. The molecule has 148 valence electrons. The number of carbonyl (C=O) groups excluding carboxylic acids is 1. The molecule has 2 atom stereocenters. The molecule has 3 aliphatic heterocycles. The van der Waals surface area contributed by atoms with E-state index in [0.717, 1.165) is 65.1 Å². The van der Waals surface area contributed by atoms with E-state index in [1.165, 1.54) is 0 Å². The second-order valence-electron chi connectivity index (χ2n) is 7.69. The molecule has 0 aromatic carbocycles. The highest BCUT2D eigenvalue weighted by atomic mass is 16.6. The minimum Gasteiger partial charge on any atom is -0.480 e. The van der Waals surface area contributed by atoms with Gasteiger partial charge < -0.3 is 20.1 Å². The fraction of sp³-hybridized carbons (Fsp3) is 0.889. The SMILES string of the molecule is CCC(C1CCNCC1)N1CC(CN2CCN(CC(=O)O)CC2)OC1=O. The van der Waals surface area contributed by atoms with Crippen molar-refractivity contribution in [3.8, 4) is 0 Å². The van der Waals surface area contributed by atoms with E-state index < -0.39 is 5.97 Å². The summed E-state index contributed by atoms with van der Waals surface area (Å²) in [7, 11) is 0. The Morgan fingerprint density at radius 3 is 2.50 bits per heavy atom. The molecule has 1 amide bonds. The molecule has 8 nitrogen and oxygen atoms in total. The fourth-order valence-electron chi connectivity index (χ4n) is 4.55. The number of piperazine rings is 1. The molecule has 8 heteroatoms. The van der Waals surface area contributed by atoms with Gasteiger partial charge in [0, 0.05) is 38.8 Å². The summed E-state index contributed by atoms with van der Waals surface area (Å²) in [4.78, 5) is 29.4. The summed E-state index contributed by atoms with van der Waals surface area (Å²) in [5.74, 6) is -0.213. The normalized spacial score (nSPS) is 27.5. The maximum absolute atomic E-state index is 12.4. The minimum absolute atomic E-state index is 0.0794. The van der Waals surface area contributed by atoms with Gasteiger partial charge in [-0.05, 0) is 38.3 Å². The first-order chi connectivity index (χ1) is 12.6. The molecule has 3 saturated heterocycles. The van der Waals surface area contributed by atoms with Crippen LogP contribution >= 0.6 is 0 Å². The zero-order chi connectivity index (χ0) is 18.5. The Morgan fingerprint density at radius 1 is 1.23 bits per heavy atom. The third-order valence-corrected chi connectivity index (χ3v) is 5.93. The summed E-state index contributed by atoms with van der Waals surface area (Å²) >= 11 is 0. The number of carbonyl (C=O) groups is 2. The van der Waals surface area contributed by atoms with Crippen molar-refractivity contribution in [2.45, 2.75) is 38.3 Å². The van der Waals surface area contributed by atoms with Crippen molar-refractivity contribution in [3.63, 3.8) is 0 Å². The first-order valence-electron chi connectivity index (χ1n) is 9.91. The molecule has 0 saturated carbocycles. The lowest BCUT2D eigenvalue weighted by Gasteiger charge is -2.35. The first-order valence-corrected chi connectivity index (χ1v) is 9.91. The molecule has 3 heterocycles. The average molecular weight is 368 g/mol. The Hall–Kier alpha value is -1.38. The van der Waals surface area contributed by atoms with Crippen LogP contribution in [0.3, 0.4) is 0 Å². The number of nitrogens with zero attached hydrogens (tertiary/aromatic N) is 3. The maximum Gasteiger partial charge on any atom is 0.410 e. The average Bonchev–Trinajstić information content (AvgIpc) is 2.98. The van der Waals surface area contributed by atoms with Crippen LogP contribution in [0.2, 0.25) is 0 Å². The zero-order valence-corrected chi connectivity index (χ0v) is 15.7. The van der Waals surface area contributed by atoms with Gasteiger partial charge in [-0.15, -0.1) is 0 Å². The number of carboxylic acid groups (broad SMARTS) is 1. The van der Waals surface area contributed by atoms with E-state index in [0.29, 0.717) is 12.5 Å². The molecule has 26 heavy (non-hydrogen) atoms. The topological polar surface area (TPSA) is 85.3 Å². The standard InChI is InChI=1S/C18H32N4O4/c1-2-16(14-3-5-19-6-4-14)22-12-15(26-18(22)25)11-20-7-9-21(10-8-20)13-17(23)24/h14-16,19H,2-13H2,1H3,(H,23,24). The highest BCUT2D eigenvalue weighted by Gasteiger charge is 2.39. The summed E-state index contributed by atoms with van der Waals surface area (Å²) in [6.45, 7) is 8.92. The van der Waals surface area contributed by atoms with Crippen LogP contribution in [-0.2, 0) is 9.53 Å². The van der Waals surface area contributed by atoms with Crippen LogP contribution in [0.5, 0.6) is 0 Å². The van der Waals surface area contributed by atoms with Gasteiger partial charge in [0.25, 0.3) is 0 Å². The van der Waals surface area contributed by atoms with Gasteiger partial charge in [0.1, 0.15) is 6.10 Å². The van der Waals surface area contributed by atoms with Gasteiger partial charge in [-0.2, -0.15) is 0 Å². The van der Waals surface area contributed by atoms with Crippen molar-refractivity contribution in [3.05, 3.63) is 0 Å². The molecular weight excluding hydrogens is 336 g/mol. The Kier molecular flexibility index (Phi) is 6.72. The van der Waals surface area contributed by atoms with Gasteiger partial charge in [0.2, 0.25) is 0 Å². The summed E-state index contributed by atoms with van der Waals surface area (Å²) in [6, 6.07) is 0.280. The lowest BCUT2D eigenvalue weighted by Crippen LogP contribution is -2.50. The molecule has 2 N–H and O–H groups in total. The summed E-state index contributed by atoms with van der Waals surface area (Å²) < 4.78 is 5.66. The number of amides is 1. The first kappa shape index (κ1) is 19.4. The predicted octanol–water partition coefficient (Wildman–Crippen LogP) is 0.288. The van der Waals surface area contributed by atoms with Crippen LogP contribution in [-0.4, -0.2) is 103 Å². The van der Waals surface area contributed by atoms with Crippen molar-refractivity contribution in [1.29, 1.82) is 0 Å². The number of rotatable bonds is 7. The number of hydrogen-bond donors (Lipinski definition) is 2. The molecule has 0 spiro atoms. The number of aliphatic carboxylic acids is 1. The highest BCUT2D eigenvalue weighted by Crippen LogP contribution is 2.27. The molecule has 0 radical (unpaired) electrons. The minimum atomic E-state index is -0.776. The van der Waals surface area contributed by atoms with E-state index in [1.54, 1.807) is 0 Å². The van der Waals surface area contributed by atoms with Crippen LogP contribution in [0.4, 0.5) is 4.79 Å². The number of cyclic esters (lactones) is 1. The van der Waals surface area contributed by atoms with E-state index in [2.05, 4.69) is 17.1 Å². The molecule has 3 aliphatic rings. The van der Waals surface area contributed by atoms with Gasteiger partial charge in [-0.3, -0.25) is 14.6 Å². The molecule has 0 aliphatic carbocycles. The zero-order valence-electron chi connectivity index (χ0n) is 15.7. The van der Waals surface area contributed by atoms with E-state index in [1.807, 2.05) is 9.80 Å². The van der Waals surface area contributed by atoms with Crippen molar-refractivity contribution < 1.29 is 19.4 Å². The fourth-order valence-corrected chi connectivity index (χ4v) is 4.55. The van der Waals surface area contributed by atoms with Crippen LogP contribution in [0, 0.1) is 5.92 Å². The van der Waals surface area contributed by atoms with E-state index in [4.69, 9.17) is 9.84 Å². The van der Waals surface area contributed by atoms with Gasteiger partial charge in [0.15, 0.2) is 0 Å². The summed E-state index contributed by atoms with van der Waals surface area (Å²) in [5.41, 5.74) is 0. The van der Waals surface area contributed by atoms with Crippen LogP contribution in [0.1, 0.15) is 26.2 Å². The lowest BCUT2D eigenvalue weighted by molar-refractivity contribution is -0.138. The molecule has 0 aromatic rings. The lowest BCUT2D eigenvalue weighted by atomic mass is 9.88. The Bertz CT molecular complexity index is 490. The molecular formula is C18H32N4O4. The van der Waals surface area contributed by atoms with Gasteiger partial charge in [-0.25, -0.2) is 4.79 Å². The van der Waals surface area contributed by atoms with Crippen molar-refractivity contribution in [2.24, 2.45) is 5.92 Å². The Labute approximate surface area is 155 Å². The number of hydrogen-bond acceptors (Lipinski definition) is 6. The van der Waals surface area contributed by atoms with E-state index >= 15 is 0 Å². The second kappa shape index (κ2) is 9.01. The second-order valence-corrected chi connectivity index (χ2v) is 7.69. The third kappa shape index (κ3) is 4.86. The van der Waals surface area contributed by atoms with Gasteiger partial charge >= 0.3 is 12.1 Å². The Morgan fingerprint density at radius 2 is 1.88 bits per heavy atom. The highest BCUT2D eigenvalue weighted by molar-refractivity contribution is 5.70. The van der Waals surface area contributed by atoms with E-state index in [9.17, 15) is 9.59 Å². The number of carboxylic acids is 1. The van der Waals surface area contributed by atoms with Crippen molar-refractivity contribution >= 4 is 12.1 Å². The molecule has 0 bridgehead atoms. The van der Waals surface area contributed by atoms with Crippen LogP contribution in [0.25, 0.3) is 0 Å². The molecule has 0 aromatic heterocycles. The monoisotopic (exact) mass is 368 g/mol. The maximum atomic E-state index is 12.4. The smallest absolute Gasteiger partial charge is 0.410 e. The molecule has 3 fully saturated rings. The summed E-state index contributed by atoms with van der Waals surface area (Å²) in [6.07, 6.45) is 2.98. The number of piperidine rings is 1. The van der Waals surface area contributed by atoms with Crippen LogP contribution < -0.4 is 5.32 Å². The van der Waals surface area contributed by atoms with Crippen molar-refractivity contribution in [2.75, 3.05) is 58.9 Å². The van der Waals surface area contributed by atoms with Gasteiger partial charge in [0.05, 0.1) is 13.1 Å². The molecule has 3 rings (SSSR count). The molecule has 2 unspecified atom stereocenters. The van der Waals surface area contributed by atoms with E-state index in [-0.39, 0.29) is 24.8 Å². The number of ether oxygens (including phenoxy) is 1. The van der Waals surface area contributed by atoms with Crippen LogP contribution in [0.15, 0.2) is 0 Å². The summed E-state index contributed by atoms with van der Waals surface area (Å²) in [5, 5.41) is 12.3. The Balaban J connectivity index is 1.47.